The van der Waals surface area contributed by atoms with E-state index < -0.39 is 0 Å². The number of hydrogen-bond donors (Lipinski definition) is 0. The smallest absolute Gasteiger partial charge is 0.252 e. The van der Waals surface area contributed by atoms with Gasteiger partial charge in [-0.3, -0.25) is 0 Å². The molecular formula is C34H23BN2. The summed E-state index contributed by atoms with van der Waals surface area (Å²) >= 11 is 0. The third kappa shape index (κ3) is 2.95. The van der Waals surface area contributed by atoms with Crippen LogP contribution < -0.4 is 26.2 Å². The van der Waals surface area contributed by atoms with Crippen LogP contribution in [-0.4, -0.2) is 6.71 Å². The predicted molar refractivity (Wildman–Crippen MR) is 158 cm³/mol. The van der Waals surface area contributed by atoms with E-state index in [4.69, 9.17) is 0 Å². The summed E-state index contributed by atoms with van der Waals surface area (Å²) in [6.07, 6.45) is 0. The van der Waals surface area contributed by atoms with E-state index in [0.29, 0.717) is 0 Å². The summed E-state index contributed by atoms with van der Waals surface area (Å²) in [5.74, 6) is 0. The van der Waals surface area contributed by atoms with Crippen molar-refractivity contribution in [3.8, 4) is 0 Å². The molecule has 0 aliphatic carbocycles. The minimum atomic E-state index is 0.155. The first-order chi connectivity index (χ1) is 18.4. The zero-order chi connectivity index (χ0) is 24.3. The molecule has 2 heterocycles. The van der Waals surface area contributed by atoms with Crippen LogP contribution in [0.3, 0.4) is 0 Å². The van der Waals surface area contributed by atoms with E-state index in [1.54, 1.807) is 0 Å². The van der Waals surface area contributed by atoms with Gasteiger partial charge in [-0.2, -0.15) is 0 Å². The first kappa shape index (κ1) is 20.4. The minimum absolute atomic E-state index is 0.155. The summed E-state index contributed by atoms with van der Waals surface area (Å²) < 4.78 is 0. The lowest BCUT2D eigenvalue weighted by Crippen LogP contribution is -2.61. The molecule has 0 radical (unpaired) electrons. The molecule has 0 saturated carbocycles. The monoisotopic (exact) mass is 470 g/mol. The Kier molecular flexibility index (Phi) is 4.35. The van der Waals surface area contributed by atoms with E-state index in [1.165, 1.54) is 61.3 Å². The van der Waals surface area contributed by atoms with Gasteiger partial charge in [0.15, 0.2) is 0 Å². The molecule has 0 amide bonds. The van der Waals surface area contributed by atoms with Crippen LogP contribution in [0.4, 0.5) is 34.1 Å². The number of rotatable bonds is 2. The van der Waals surface area contributed by atoms with Crippen LogP contribution in [0.15, 0.2) is 140 Å². The Labute approximate surface area is 217 Å². The van der Waals surface area contributed by atoms with Crippen molar-refractivity contribution < 1.29 is 0 Å². The van der Waals surface area contributed by atoms with Gasteiger partial charge >= 0.3 is 0 Å². The van der Waals surface area contributed by atoms with Gasteiger partial charge in [0.1, 0.15) is 0 Å². The number of hydrogen-bond acceptors (Lipinski definition) is 2. The summed E-state index contributed by atoms with van der Waals surface area (Å²) in [6.45, 7) is 0.155. The highest BCUT2D eigenvalue weighted by Gasteiger charge is 2.42. The lowest BCUT2D eigenvalue weighted by Gasteiger charge is -2.44. The Balaban J connectivity index is 1.50. The number of anilines is 6. The molecular weight excluding hydrogens is 447 g/mol. The normalized spacial score (nSPS) is 13.2. The van der Waals surface area contributed by atoms with E-state index in [0.717, 1.165) is 0 Å². The Morgan fingerprint density at radius 1 is 0.378 bits per heavy atom. The summed E-state index contributed by atoms with van der Waals surface area (Å²) in [4.78, 5) is 4.88. The van der Waals surface area contributed by atoms with Crippen LogP contribution in [0.25, 0.3) is 10.8 Å². The maximum absolute atomic E-state index is 2.45. The average Bonchev–Trinajstić information content (AvgIpc) is 2.97. The fourth-order valence-electron chi connectivity index (χ4n) is 6.28. The third-order valence-electron chi connectivity index (χ3n) is 7.79. The molecule has 0 spiro atoms. The fraction of sp³-hybridized carbons (Fsp3) is 0. The molecule has 6 aromatic carbocycles. The molecule has 0 N–H and O–H groups in total. The Bertz CT molecular complexity index is 1800. The Morgan fingerprint density at radius 2 is 0.892 bits per heavy atom. The Hall–Kier alpha value is -4.76. The van der Waals surface area contributed by atoms with Gasteiger partial charge in [-0.05, 0) is 75.7 Å². The van der Waals surface area contributed by atoms with Gasteiger partial charge < -0.3 is 9.80 Å². The summed E-state index contributed by atoms with van der Waals surface area (Å²) in [7, 11) is 0. The molecule has 37 heavy (non-hydrogen) atoms. The average molecular weight is 470 g/mol. The number of para-hydroxylation sites is 3. The molecule has 2 aliphatic heterocycles. The molecule has 8 rings (SSSR count). The third-order valence-corrected chi connectivity index (χ3v) is 7.79. The van der Waals surface area contributed by atoms with Crippen LogP contribution in [0.2, 0.25) is 0 Å². The standard InChI is InChI=1S/C34H23BN2/c1-3-14-26(15-4-1)36-30-19-10-9-18-28(30)35-29-22-24-12-7-8-13-25(24)23-33(29)37(27-16-5-2-6-17-27)32-21-11-20-31(36)34(32)35/h1-23H. The van der Waals surface area contributed by atoms with Crippen molar-refractivity contribution in [1.29, 1.82) is 0 Å². The van der Waals surface area contributed by atoms with Crippen molar-refractivity contribution in [2.45, 2.75) is 0 Å². The first-order valence-electron chi connectivity index (χ1n) is 12.8. The highest BCUT2D eigenvalue weighted by Crippen LogP contribution is 2.44. The molecule has 6 aromatic rings. The van der Waals surface area contributed by atoms with Crippen molar-refractivity contribution in [2.24, 2.45) is 0 Å². The lowest BCUT2D eigenvalue weighted by atomic mass is 9.33. The molecule has 0 fully saturated rings. The zero-order valence-electron chi connectivity index (χ0n) is 20.3. The highest BCUT2D eigenvalue weighted by atomic mass is 15.2. The van der Waals surface area contributed by atoms with E-state index in [2.05, 4.69) is 149 Å². The van der Waals surface area contributed by atoms with Crippen molar-refractivity contribution in [3.05, 3.63) is 140 Å². The Morgan fingerprint density at radius 3 is 1.57 bits per heavy atom. The fourth-order valence-corrected chi connectivity index (χ4v) is 6.28. The number of nitrogens with zero attached hydrogens (tertiary/aromatic N) is 2. The van der Waals surface area contributed by atoms with Gasteiger partial charge in [-0.15, -0.1) is 0 Å². The SMILES string of the molecule is c1ccc(N2c3ccccc3B3c4cc5ccccc5cc4N(c4ccccc4)c4cccc2c43)cc1. The summed E-state index contributed by atoms with van der Waals surface area (Å²) in [6, 6.07) is 50.7. The minimum Gasteiger partial charge on any atom is -0.311 e. The van der Waals surface area contributed by atoms with E-state index in [9.17, 15) is 0 Å². The summed E-state index contributed by atoms with van der Waals surface area (Å²) in [5, 5.41) is 2.54. The maximum Gasteiger partial charge on any atom is 0.252 e. The van der Waals surface area contributed by atoms with Gasteiger partial charge in [0.05, 0.1) is 0 Å². The van der Waals surface area contributed by atoms with Crippen LogP contribution in [0, 0.1) is 0 Å². The van der Waals surface area contributed by atoms with Crippen LogP contribution >= 0.6 is 0 Å². The molecule has 0 aromatic heterocycles. The van der Waals surface area contributed by atoms with Gasteiger partial charge in [-0.1, -0.05) is 91.0 Å². The molecule has 0 bridgehead atoms. The van der Waals surface area contributed by atoms with Crippen LogP contribution in [0.1, 0.15) is 0 Å². The largest absolute Gasteiger partial charge is 0.311 e. The second kappa shape index (κ2) is 7.87. The van der Waals surface area contributed by atoms with Crippen molar-refractivity contribution in [1.82, 2.24) is 0 Å². The molecule has 2 aliphatic rings. The van der Waals surface area contributed by atoms with Gasteiger partial charge in [0, 0.05) is 34.1 Å². The van der Waals surface area contributed by atoms with Crippen LogP contribution in [0.5, 0.6) is 0 Å². The molecule has 0 atom stereocenters. The molecule has 0 saturated heterocycles. The first-order valence-corrected chi connectivity index (χ1v) is 12.8. The van der Waals surface area contributed by atoms with E-state index in [-0.39, 0.29) is 6.71 Å². The second-order valence-corrected chi connectivity index (χ2v) is 9.80. The van der Waals surface area contributed by atoms with Gasteiger partial charge in [0.2, 0.25) is 0 Å². The quantitative estimate of drug-likeness (QED) is 0.253. The number of benzene rings is 6. The van der Waals surface area contributed by atoms with Gasteiger partial charge in [0.25, 0.3) is 6.71 Å². The molecule has 2 nitrogen and oxygen atoms in total. The maximum atomic E-state index is 2.45. The summed E-state index contributed by atoms with van der Waals surface area (Å²) in [5.41, 5.74) is 11.4. The lowest BCUT2D eigenvalue weighted by molar-refractivity contribution is 1.26. The van der Waals surface area contributed by atoms with Crippen molar-refractivity contribution >= 4 is 68.0 Å². The molecule has 172 valence electrons. The highest BCUT2D eigenvalue weighted by molar-refractivity contribution is 7.00. The number of fused-ring (bicyclic) bond motifs is 5. The zero-order valence-corrected chi connectivity index (χ0v) is 20.3. The van der Waals surface area contributed by atoms with Crippen molar-refractivity contribution in [2.75, 3.05) is 9.80 Å². The van der Waals surface area contributed by atoms with Gasteiger partial charge in [-0.25, -0.2) is 0 Å². The molecule has 3 heteroatoms. The van der Waals surface area contributed by atoms with E-state index >= 15 is 0 Å². The topological polar surface area (TPSA) is 6.48 Å². The molecule has 0 unspecified atom stereocenters. The predicted octanol–water partition coefficient (Wildman–Crippen LogP) is 6.92. The van der Waals surface area contributed by atoms with Crippen molar-refractivity contribution in [3.63, 3.8) is 0 Å². The van der Waals surface area contributed by atoms with E-state index in [1.807, 2.05) is 0 Å². The second-order valence-electron chi connectivity index (χ2n) is 9.80. The van der Waals surface area contributed by atoms with Crippen LogP contribution in [-0.2, 0) is 0 Å².